The number of aryl methyl sites for hydroxylation is 1. The molecular formula is C12H18O3. The smallest absolute Gasteiger partial charge is 0.115 e. The van der Waals surface area contributed by atoms with Crippen molar-refractivity contribution in [2.45, 2.75) is 32.3 Å². The monoisotopic (exact) mass is 210 g/mol. The largest absolute Gasteiger partial charge is 0.508 e. The number of phenolic OH excluding ortho intramolecular Hbond substituents is 1. The summed E-state index contributed by atoms with van der Waals surface area (Å²) in [6.07, 6.45) is -0.143. The van der Waals surface area contributed by atoms with E-state index in [2.05, 4.69) is 0 Å². The van der Waals surface area contributed by atoms with Crippen LogP contribution >= 0.6 is 0 Å². The Hall–Kier alpha value is -1.06. The minimum Gasteiger partial charge on any atom is -0.508 e. The minimum absolute atomic E-state index is 0.174. The van der Waals surface area contributed by atoms with Gasteiger partial charge in [0.25, 0.3) is 0 Å². The molecule has 2 unspecified atom stereocenters. The van der Waals surface area contributed by atoms with Crippen molar-refractivity contribution in [3.05, 3.63) is 29.3 Å². The molecule has 1 rings (SSSR count). The standard InChI is InChI=1S/C12H18O3/c1-8-5-10(14)3-4-12(8)9(2)6-11(15)7-13/h3-5,9,11,13-15H,6-7H2,1-2H3. The normalized spacial score (nSPS) is 14.9. The summed E-state index contributed by atoms with van der Waals surface area (Å²) in [5.74, 6) is 0.430. The molecule has 0 heterocycles. The van der Waals surface area contributed by atoms with Crippen molar-refractivity contribution in [1.29, 1.82) is 0 Å². The second-order valence-corrected chi connectivity index (χ2v) is 4.01. The van der Waals surface area contributed by atoms with E-state index in [1.54, 1.807) is 12.1 Å². The first-order chi connectivity index (χ1) is 7.04. The van der Waals surface area contributed by atoms with Crippen LogP contribution < -0.4 is 0 Å². The second-order valence-electron chi connectivity index (χ2n) is 4.01. The molecule has 3 N–H and O–H groups in total. The first kappa shape index (κ1) is 12.0. The molecule has 0 bridgehead atoms. The molecule has 15 heavy (non-hydrogen) atoms. The first-order valence-electron chi connectivity index (χ1n) is 5.13. The van der Waals surface area contributed by atoms with Gasteiger partial charge in [-0.15, -0.1) is 0 Å². The number of rotatable bonds is 4. The van der Waals surface area contributed by atoms with Crippen molar-refractivity contribution in [2.75, 3.05) is 6.61 Å². The lowest BCUT2D eigenvalue weighted by Gasteiger charge is -2.17. The summed E-state index contributed by atoms with van der Waals surface area (Å²) in [4.78, 5) is 0. The van der Waals surface area contributed by atoms with Crippen molar-refractivity contribution in [1.82, 2.24) is 0 Å². The summed E-state index contributed by atoms with van der Waals surface area (Å²) >= 11 is 0. The number of aromatic hydroxyl groups is 1. The molecule has 0 spiro atoms. The summed E-state index contributed by atoms with van der Waals surface area (Å²) in [5.41, 5.74) is 2.10. The van der Waals surface area contributed by atoms with Crippen LogP contribution in [0.25, 0.3) is 0 Å². The van der Waals surface area contributed by atoms with Gasteiger partial charge in [0, 0.05) is 0 Å². The van der Waals surface area contributed by atoms with Crippen LogP contribution in [0.1, 0.15) is 30.4 Å². The van der Waals surface area contributed by atoms with Crippen molar-refractivity contribution >= 4 is 0 Å². The first-order valence-corrected chi connectivity index (χ1v) is 5.13. The van der Waals surface area contributed by atoms with E-state index in [4.69, 9.17) is 5.11 Å². The molecule has 0 aliphatic carbocycles. The fraction of sp³-hybridized carbons (Fsp3) is 0.500. The molecule has 0 amide bonds. The molecule has 0 saturated heterocycles. The van der Waals surface area contributed by atoms with Gasteiger partial charge in [-0.05, 0) is 42.5 Å². The van der Waals surface area contributed by atoms with E-state index >= 15 is 0 Å². The topological polar surface area (TPSA) is 60.7 Å². The number of phenols is 1. The zero-order valence-corrected chi connectivity index (χ0v) is 9.14. The molecule has 0 fully saturated rings. The van der Waals surface area contributed by atoms with Crippen molar-refractivity contribution in [3.63, 3.8) is 0 Å². The van der Waals surface area contributed by atoms with Crippen molar-refractivity contribution < 1.29 is 15.3 Å². The van der Waals surface area contributed by atoms with Gasteiger partial charge in [0.15, 0.2) is 0 Å². The van der Waals surface area contributed by atoms with Crippen LogP contribution in [-0.4, -0.2) is 28.0 Å². The van der Waals surface area contributed by atoms with E-state index in [1.807, 2.05) is 19.9 Å². The van der Waals surface area contributed by atoms with Crippen LogP contribution in [0.4, 0.5) is 0 Å². The highest BCUT2D eigenvalue weighted by Gasteiger charge is 2.13. The molecule has 2 atom stereocenters. The van der Waals surface area contributed by atoms with E-state index in [9.17, 15) is 10.2 Å². The number of aliphatic hydroxyl groups is 2. The molecule has 0 aliphatic heterocycles. The van der Waals surface area contributed by atoms with Crippen LogP contribution in [0.15, 0.2) is 18.2 Å². The third kappa shape index (κ3) is 3.22. The van der Waals surface area contributed by atoms with E-state index in [0.29, 0.717) is 6.42 Å². The Kier molecular flexibility index (Phi) is 4.12. The average Bonchev–Trinajstić information content (AvgIpc) is 2.17. The maximum atomic E-state index is 9.34. The van der Waals surface area contributed by atoms with E-state index in [1.165, 1.54) is 0 Å². The number of aliphatic hydroxyl groups excluding tert-OH is 2. The van der Waals surface area contributed by atoms with Gasteiger partial charge in [-0.3, -0.25) is 0 Å². The van der Waals surface area contributed by atoms with Crippen molar-refractivity contribution in [3.8, 4) is 5.75 Å². The molecular weight excluding hydrogens is 192 g/mol. The Morgan fingerprint density at radius 1 is 1.33 bits per heavy atom. The summed E-state index contributed by atoms with van der Waals surface area (Å²) in [6, 6.07) is 5.21. The molecule has 84 valence electrons. The van der Waals surface area contributed by atoms with Crippen LogP contribution in [0.3, 0.4) is 0 Å². The zero-order chi connectivity index (χ0) is 11.4. The Balaban J connectivity index is 2.77. The van der Waals surface area contributed by atoms with Gasteiger partial charge >= 0.3 is 0 Å². The van der Waals surface area contributed by atoms with E-state index in [0.717, 1.165) is 11.1 Å². The Bertz CT molecular complexity index is 323. The van der Waals surface area contributed by atoms with Crippen LogP contribution in [0, 0.1) is 6.92 Å². The highest BCUT2D eigenvalue weighted by atomic mass is 16.3. The summed E-state index contributed by atoms with van der Waals surface area (Å²) < 4.78 is 0. The highest BCUT2D eigenvalue weighted by Crippen LogP contribution is 2.26. The number of hydrogen-bond donors (Lipinski definition) is 3. The SMILES string of the molecule is Cc1cc(O)ccc1C(C)CC(O)CO. The number of benzene rings is 1. The maximum Gasteiger partial charge on any atom is 0.115 e. The third-order valence-electron chi connectivity index (χ3n) is 2.62. The van der Waals surface area contributed by atoms with Crippen molar-refractivity contribution in [2.24, 2.45) is 0 Å². The molecule has 3 nitrogen and oxygen atoms in total. The van der Waals surface area contributed by atoms with Gasteiger partial charge in [0.05, 0.1) is 12.7 Å². The van der Waals surface area contributed by atoms with Crippen LogP contribution in [-0.2, 0) is 0 Å². The quantitative estimate of drug-likeness (QED) is 0.706. The molecule has 0 radical (unpaired) electrons. The fourth-order valence-electron chi connectivity index (χ4n) is 1.82. The van der Waals surface area contributed by atoms with Gasteiger partial charge in [-0.25, -0.2) is 0 Å². The average molecular weight is 210 g/mol. The predicted molar refractivity (Wildman–Crippen MR) is 59.0 cm³/mol. The predicted octanol–water partition coefficient (Wildman–Crippen LogP) is 1.55. The van der Waals surface area contributed by atoms with E-state index < -0.39 is 6.10 Å². The summed E-state index contributed by atoms with van der Waals surface area (Å²) in [7, 11) is 0. The van der Waals surface area contributed by atoms with Gasteiger partial charge in [-0.1, -0.05) is 13.0 Å². The summed E-state index contributed by atoms with van der Waals surface area (Å²) in [5, 5.41) is 27.3. The lowest BCUT2D eigenvalue weighted by atomic mass is 9.91. The Morgan fingerprint density at radius 2 is 2.00 bits per heavy atom. The lowest BCUT2D eigenvalue weighted by Crippen LogP contribution is -2.15. The van der Waals surface area contributed by atoms with Gasteiger partial charge in [0.2, 0.25) is 0 Å². The lowest BCUT2D eigenvalue weighted by molar-refractivity contribution is 0.0835. The van der Waals surface area contributed by atoms with E-state index in [-0.39, 0.29) is 18.3 Å². The molecule has 0 aliphatic rings. The van der Waals surface area contributed by atoms with Gasteiger partial charge < -0.3 is 15.3 Å². The van der Waals surface area contributed by atoms with Gasteiger partial charge in [0.1, 0.15) is 5.75 Å². The molecule has 3 heteroatoms. The second kappa shape index (κ2) is 5.14. The highest BCUT2D eigenvalue weighted by molar-refractivity contribution is 5.35. The maximum absolute atomic E-state index is 9.34. The summed E-state index contributed by atoms with van der Waals surface area (Å²) in [6.45, 7) is 3.72. The third-order valence-corrected chi connectivity index (χ3v) is 2.62. The molecule has 1 aromatic carbocycles. The fourth-order valence-corrected chi connectivity index (χ4v) is 1.82. The molecule has 0 saturated carbocycles. The Morgan fingerprint density at radius 3 is 2.53 bits per heavy atom. The van der Waals surface area contributed by atoms with Crippen LogP contribution in [0.2, 0.25) is 0 Å². The van der Waals surface area contributed by atoms with Gasteiger partial charge in [-0.2, -0.15) is 0 Å². The minimum atomic E-state index is -0.673. The Labute approximate surface area is 90.0 Å². The molecule has 1 aromatic rings. The van der Waals surface area contributed by atoms with Crippen LogP contribution in [0.5, 0.6) is 5.75 Å². The molecule has 0 aromatic heterocycles. The zero-order valence-electron chi connectivity index (χ0n) is 9.14. The number of hydrogen-bond acceptors (Lipinski definition) is 3.